The first-order chi connectivity index (χ1) is 12.5. The Balaban J connectivity index is 1.60. The summed E-state index contributed by atoms with van der Waals surface area (Å²) >= 11 is 7.46. The van der Waals surface area contributed by atoms with E-state index in [0.29, 0.717) is 11.6 Å². The van der Waals surface area contributed by atoms with Crippen molar-refractivity contribution in [3.05, 3.63) is 69.8 Å². The predicted octanol–water partition coefficient (Wildman–Crippen LogP) is 4.51. The molecule has 1 amide bonds. The zero-order chi connectivity index (χ0) is 18.7. The first-order valence-electron chi connectivity index (χ1n) is 7.78. The van der Waals surface area contributed by atoms with E-state index in [2.05, 4.69) is 0 Å². The lowest BCUT2D eigenvalue weighted by molar-refractivity contribution is -0.133. The maximum absolute atomic E-state index is 12.9. The highest BCUT2D eigenvalue weighted by atomic mass is 35.5. The Kier molecular flexibility index (Phi) is 5.54. The van der Waals surface area contributed by atoms with Gasteiger partial charge in [-0.3, -0.25) is 4.79 Å². The number of thiophene rings is 1. The van der Waals surface area contributed by atoms with E-state index < -0.39 is 5.97 Å². The van der Waals surface area contributed by atoms with Crippen LogP contribution >= 0.6 is 22.9 Å². The molecule has 0 N–H and O–H groups in total. The third-order valence-electron chi connectivity index (χ3n) is 3.81. The zero-order valence-corrected chi connectivity index (χ0v) is 15.4. The number of esters is 1. The van der Waals surface area contributed by atoms with E-state index in [4.69, 9.17) is 16.3 Å². The lowest BCUT2D eigenvalue weighted by Gasteiger charge is -2.17. The van der Waals surface area contributed by atoms with Crippen molar-refractivity contribution >= 4 is 44.9 Å². The topological polar surface area (TPSA) is 46.6 Å². The Morgan fingerprint density at radius 1 is 1.15 bits per heavy atom. The van der Waals surface area contributed by atoms with E-state index >= 15 is 0 Å². The Bertz CT molecular complexity index is 955. The number of carbonyl (C=O) groups excluding carboxylic acids is 2. The number of fused-ring (bicyclic) bond motifs is 1. The fraction of sp³-hybridized carbons (Fsp3) is 0.158. The molecular formula is C19H15ClFNO3S. The van der Waals surface area contributed by atoms with Gasteiger partial charge in [-0.15, -0.1) is 11.3 Å². The summed E-state index contributed by atoms with van der Waals surface area (Å²) in [5.74, 6) is -1.32. The maximum atomic E-state index is 12.9. The van der Waals surface area contributed by atoms with Gasteiger partial charge in [-0.05, 0) is 23.8 Å². The number of hydrogen-bond acceptors (Lipinski definition) is 4. The fourth-order valence-electron chi connectivity index (χ4n) is 2.40. The van der Waals surface area contributed by atoms with Gasteiger partial charge in [-0.2, -0.15) is 0 Å². The first kappa shape index (κ1) is 18.4. The number of carbonyl (C=O) groups is 2. The SMILES string of the molecule is CN(Cc1ccc(F)cc1)C(=O)COC(=O)c1sc2ccccc2c1Cl. The molecule has 0 aliphatic heterocycles. The molecule has 134 valence electrons. The van der Waals surface area contributed by atoms with Crippen LogP contribution in [0.1, 0.15) is 15.2 Å². The molecule has 7 heteroatoms. The van der Waals surface area contributed by atoms with Gasteiger partial charge >= 0.3 is 5.97 Å². The molecule has 3 aromatic rings. The normalized spacial score (nSPS) is 10.7. The van der Waals surface area contributed by atoms with E-state index in [1.54, 1.807) is 19.2 Å². The van der Waals surface area contributed by atoms with Gasteiger partial charge in [0.25, 0.3) is 5.91 Å². The lowest BCUT2D eigenvalue weighted by Crippen LogP contribution is -2.30. The van der Waals surface area contributed by atoms with Gasteiger partial charge in [0.15, 0.2) is 6.61 Å². The molecule has 4 nitrogen and oxygen atoms in total. The van der Waals surface area contributed by atoms with Gasteiger partial charge in [-0.25, -0.2) is 9.18 Å². The molecule has 26 heavy (non-hydrogen) atoms. The first-order valence-corrected chi connectivity index (χ1v) is 8.97. The lowest BCUT2D eigenvalue weighted by atomic mass is 10.2. The number of halogens is 2. The largest absolute Gasteiger partial charge is 0.451 e. The minimum atomic E-state index is -0.625. The van der Waals surface area contributed by atoms with Gasteiger partial charge in [0.1, 0.15) is 10.7 Å². The highest BCUT2D eigenvalue weighted by Crippen LogP contribution is 2.35. The molecule has 0 bridgehead atoms. The number of nitrogens with zero attached hydrogens (tertiary/aromatic N) is 1. The van der Waals surface area contributed by atoms with Gasteiger partial charge in [0.2, 0.25) is 0 Å². The summed E-state index contributed by atoms with van der Waals surface area (Å²) < 4.78 is 18.9. The molecule has 0 atom stereocenters. The standard InChI is InChI=1S/C19H15ClFNO3S/c1-22(10-12-6-8-13(21)9-7-12)16(23)11-25-19(24)18-17(20)14-4-2-3-5-15(14)26-18/h2-9H,10-11H2,1H3. The molecule has 1 aromatic heterocycles. The minimum Gasteiger partial charge on any atom is -0.451 e. The number of rotatable bonds is 5. The smallest absolute Gasteiger partial charge is 0.350 e. The monoisotopic (exact) mass is 391 g/mol. The Morgan fingerprint density at radius 2 is 1.85 bits per heavy atom. The summed E-state index contributed by atoms with van der Waals surface area (Å²) in [6.07, 6.45) is 0. The van der Waals surface area contributed by atoms with Crippen LogP contribution in [0.2, 0.25) is 5.02 Å². The second-order valence-electron chi connectivity index (χ2n) is 5.69. The Morgan fingerprint density at radius 3 is 2.54 bits per heavy atom. The van der Waals surface area contributed by atoms with Crippen LogP contribution in [0.15, 0.2) is 48.5 Å². The van der Waals surface area contributed by atoms with Gasteiger partial charge in [0, 0.05) is 23.7 Å². The maximum Gasteiger partial charge on any atom is 0.350 e. The molecule has 0 radical (unpaired) electrons. The van der Waals surface area contributed by atoms with Crippen molar-refractivity contribution in [3.63, 3.8) is 0 Å². The number of benzene rings is 2. The van der Waals surface area contributed by atoms with E-state index in [0.717, 1.165) is 15.6 Å². The van der Waals surface area contributed by atoms with E-state index in [1.807, 2.05) is 24.3 Å². The fourth-order valence-corrected chi connectivity index (χ4v) is 3.80. The van der Waals surface area contributed by atoms with Crippen LogP contribution in [-0.2, 0) is 16.1 Å². The van der Waals surface area contributed by atoms with Crippen molar-refractivity contribution < 1.29 is 18.7 Å². The summed E-state index contributed by atoms with van der Waals surface area (Å²) in [7, 11) is 1.59. The number of likely N-dealkylation sites (N-methyl/N-ethyl adjacent to an activating group) is 1. The summed E-state index contributed by atoms with van der Waals surface area (Å²) in [5, 5.41) is 1.12. The second kappa shape index (κ2) is 7.85. The van der Waals surface area contributed by atoms with Crippen LogP contribution in [0.25, 0.3) is 10.1 Å². The van der Waals surface area contributed by atoms with Crippen molar-refractivity contribution in [3.8, 4) is 0 Å². The van der Waals surface area contributed by atoms with Crippen molar-refractivity contribution in [2.75, 3.05) is 13.7 Å². The Labute approximate surface area is 158 Å². The third kappa shape index (κ3) is 4.03. The molecule has 0 unspecified atom stereocenters. The number of ether oxygens (including phenoxy) is 1. The Hall–Kier alpha value is -2.44. The quantitative estimate of drug-likeness (QED) is 0.601. The van der Waals surface area contributed by atoms with Gasteiger partial charge in [-0.1, -0.05) is 41.9 Å². The summed E-state index contributed by atoms with van der Waals surface area (Å²) in [6.45, 7) is -0.0958. The van der Waals surface area contributed by atoms with Crippen LogP contribution in [0.3, 0.4) is 0 Å². The van der Waals surface area contributed by atoms with Crippen LogP contribution in [0.5, 0.6) is 0 Å². The van der Waals surface area contributed by atoms with Crippen LogP contribution in [0, 0.1) is 5.82 Å². The minimum absolute atomic E-state index is 0.279. The van der Waals surface area contributed by atoms with Crippen LogP contribution < -0.4 is 0 Å². The summed E-state index contributed by atoms with van der Waals surface area (Å²) in [4.78, 5) is 26.1. The van der Waals surface area contributed by atoms with Crippen LogP contribution in [0.4, 0.5) is 4.39 Å². The molecule has 0 fully saturated rings. The van der Waals surface area contributed by atoms with Crippen LogP contribution in [-0.4, -0.2) is 30.4 Å². The summed E-state index contributed by atoms with van der Waals surface area (Å²) in [6, 6.07) is 13.2. The van der Waals surface area contributed by atoms with Gasteiger partial charge in [0.05, 0.1) is 5.02 Å². The van der Waals surface area contributed by atoms with E-state index in [-0.39, 0.29) is 23.2 Å². The van der Waals surface area contributed by atoms with Crippen molar-refractivity contribution in [2.45, 2.75) is 6.54 Å². The highest BCUT2D eigenvalue weighted by molar-refractivity contribution is 7.21. The number of amides is 1. The summed E-state index contributed by atoms with van der Waals surface area (Å²) in [5.41, 5.74) is 0.779. The average molecular weight is 392 g/mol. The molecule has 3 rings (SSSR count). The third-order valence-corrected chi connectivity index (χ3v) is 5.46. The number of hydrogen-bond donors (Lipinski definition) is 0. The second-order valence-corrected chi connectivity index (χ2v) is 7.12. The van der Waals surface area contributed by atoms with E-state index in [1.165, 1.54) is 28.4 Å². The zero-order valence-electron chi connectivity index (χ0n) is 13.9. The molecular weight excluding hydrogens is 377 g/mol. The molecule has 0 aliphatic carbocycles. The highest BCUT2D eigenvalue weighted by Gasteiger charge is 2.20. The average Bonchev–Trinajstić information content (AvgIpc) is 2.98. The van der Waals surface area contributed by atoms with Crippen molar-refractivity contribution in [2.24, 2.45) is 0 Å². The van der Waals surface area contributed by atoms with Gasteiger partial charge < -0.3 is 9.64 Å². The molecule has 0 spiro atoms. The van der Waals surface area contributed by atoms with Crippen molar-refractivity contribution in [1.82, 2.24) is 4.90 Å². The molecule has 0 saturated carbocycles. The molecule has 2 aromatic carbocycles. The molecule has 0 aliphatic rings. The van der Waals surface area contributed by atoms with Crippen molar-refractivity contribution in [1.29, 1.82) is 0 Å². The molecule has 0 saturated heterocycles. The predicted molar refractivity (Wildman–Crippen MR) is 100.0 cm³/mol. The van der Waals surface area contributed by atoms with E-state index in [9.17, 15) is 14.0 Å². The molecule has 1 heterocycles.